The number of nitrogens with one attached hydrogen (secondary N) is 1. The van der Waals surface area contributed by atoms with Crippen molar-refractivity contribution >= 4 is 21.8 Å². The van der Waals surface area contributed by atoms with Gasteiger partial charge in [-0.2, -0.15) is 0 Å². The van der Waals surface area contributed by atoms with Crippen LogP contribution >= 0.6 is 15.9 Å². The van der Waals surface area contributed by atoms with Crippen LogP contribution in [-0.4, -0.2) is 31.8 Å². The molecule has 0 aliphatic heterocycles. The van der Waals surface area contributed by atoms with E-state index in [0.29, 0.717) is 25.5 Å². The van der Waals surface area contributed by atoms with Crippen LogP contribution in [0.15, 0.2) is 28.7 Å². The van der Waals surface area contributed by atoms with Crippen molar-refractivity contribution in [2.45, 2.75) is 26.4 Å². The van der Waals surface area contributed by atoms with Crippen LogP contribution in [0, 0.1) is 0 Å². The first-order valence-electron chi connectivity index (χ1n) is 6.41. The summed E-state index contributed by atoms with van der Waals surface area (Å²) in [6.07, 6.45) is 0.304. The van der Waals surface area contributed by atoms with Crippen molar-refractivity contribution in [2.75, 3.05) is 19.8 Å². The smallest absolute Gasteiger partial charge is 0.260 e. The molecule has 5 heteroatoms. The molecular weight excluding hydrogens is 310 g/mol. The normalized spacial score (nSPS) is 11.9. The monoisotopic (exact) mass is 329 g/mol. The summed E-state index contributed by atoms with van der Waals surface area (Å²) >= 11 is 3.35. The summed E-state index contributed by atoms with van der Waals surface area (Å²) < 4.78 is 11.7. The molecule has 0 aliphatic carbocycles. The predicted octanol–water partition coefficient (Wildman–Crippen LogP) is 2.76. The maximum absolute atomic E-state index is 11.8. The van der Waals surface area contributed by atoms with Crippen LogP contribution in [0.25, 0.3) is 0 Å². The Morgan fingerprint density at radius 1 is 1.37 bits per heavy atom. The average Bonchev–Trinajstić information content (AvgIpc) is 2.41. The van der Waals surface area contributed by atoms with Gasteiger partial charge in [0.2, 0.25) is 0 Å². The molecule has 1 amide bonds. The molecule has 1 atom stereocenters. The van der Waals surface area contributed by atoms with E-state index in [1.54, 1.807) is 6.92 Å². The number of hydrogen-bond donors (Lipinski definition) is 1. The Bertz CT molecular complexity index is 381. The van der Waals surface area contributed by atoms with Crippen molar-refractivity contribution in [3.05, 3.63) is 28.7 Å². The molecule has 0 aromatic heterocycles. The molecule has 1 unspecified atom stereocenters. The molecule has 106 valence electrons. The lowest BCUT2D eigenvalue weighted by Crippen LogP contribution is -2.37. The van der Waals surface area contributed by atoms with E-state index in [1.165, 1.54) is 0 Å². The quantitative estimate of drug-likeness (QED) is 0.746. The first-order chi connectivity index (χ1) is 9.13. The van der Waals surface area contributed by atoms with Crippen molar-refractivity contribution in [1.82, 2.24) is 5.32 Å². The number of hydrogen-bond acceptors (Lipinski definition) is 3. The molecule has 19 heavy (non-hydrogen) atoms. The Labute approximate surface area is 122 Å². The summed E-state index contributed by atoms with van der Waals surface area (Å²) in [4.78, 5) is 11.8. The number of ether oxygens (including phenoxy) is 2. The van der Waals surface area contributed by atoms with E-state index < -0.39 is 6.10 Å². The van der Waals surface area contributed by atoms with E-state index in [9.17, 15) is 4.79 Å². The minimum atomic E-state index is -0.506. The number of amides is 1. The fourth-order valence-corrected chi connectivity index (χ4v) is 1.71. The second-order valence-electron chi connectivity index (χ2n) is 4.06. The van der Waals surface area contributed by atoms with Crippen LogP contribution in [0.4, 0.5) is 0 Å². The van der Waals surface area contributed by atoms with Gasteiger partial charge in [0.05, 0.1) is 0 Å². The van der Waals surface area contributed by atoms with Crippen molar-refractivity contribution in [3.8, 4) is 5.75 Å². The number of benzene rings is 1. The fraction of sp³-hybridized carbons (Fsp3) is 0.500. The van der Waals surface area contributed by atoms with Gasteiger partial charge in [-0.1, -0.05) is 15.9 Å². The van der Waals surface area contributed by atoms with Crippen LogP contribution in [0.1, 0.15) is 20.3 Å². The maximum Gasteiger partial charge on any atom is 0.260 e. The van der Waals surface area contributed by atoms with Gasteiger partial charge in [-0.25, -0.2) is 0 Å². The molecule has 1 N–H and O–H groups in total. The lowest BCUT2D eigenvalue weighted by Gasteiger charge is -2.14. The maximum atomic E-state index is 11.8. The minimum Gasteiger partial charge on any atom is -0.481 e. The van der Waals surface area contributed by atoms with E-state index in [0.717, 1.165) is 10.9 Å². The van der Waals surface area contributed by atoms with Gasteiger partial charge < -0.3 is 14.8 Å². The van der Waals surface area contributed by atoms with Gasteiger partial charge >= 0.3 is 0 Å². The van der Waals surface area contributed by atoms with Crippen LogP contribution in [0.3, 0.4) is 0 Å². The van der Waals surface area contributed by atoms with E-state index in [2.05, 4.69) is 21.2 Å². The first kappa shape index (κ1) is 16.0. The molecule has 0 bridgehead atoms. The van der Waals surface area contributed by atoms with E-state index in [4.69, 9.17) is 9.47 Å². The molecule has 0 heterocycles. The van der Waals surface area contributed by atoms with E-state index >= 15 is 0 Å². The summed E-state index contributed by atoms with van der Waals surface area (Å²) in [7, 11) is 0. The van der Waals surface area contributed by atoms with Gasteiger partial charge in [0, 0.05) is 24.2 Å². The van der Waals surface area contributed by atoms with Crippen LogP contribution in [0.2, 0.25) is 0 Å². The second kappa shape index (κ2) is 8.93. The Kier molecular flexibility index (Phi) is 7.52. The third kappa shape index (κ3) is 6.59. The zero-order valence-electron chi connectivity index (χ0n) is 11.3. The van der Waals surface area contributed by atoms with E-state index in [-0.39, 0.29) is 5.91 Å². The molecule has 1 rings (SSSR count). The summed E-state index contributed by atoms with van der Waals surface area (Å²) in [6, 6.07) is 7.40. The highest BCUT2D eigenvalue weighted by Crippen LogP contribution is 2.17. The fourth-order valence-electron chi connectivity index (χ4n) is 1.44. The molecule has 1 aromatic carbocycles. The molecule has 0 saturated carbocycles. The van der Waals surface area contributed by atoms with Gasteiger partial charge in [0.25, 0.3) is 5.91 Å². The van der Waals surface area contributed by atoms with Crippen molar-refractivity contribution in [1.29, 1.82) is 0 Å². The lowest BCUT2D eigenvalue weighted by molar-refractivity contribution is -0.127. The van der Waals surface area contributed by atoms with Crippen LogP contribution in [-0.2, 0) is 9.53 Å². The zero-order chi connectivity index (χ0) is 14.1. The van der Waals surface area contributed by atoms with E-state index in [1.807, 2.05) is 31.2 Å². The topological polar surface area (TPSA) is 47.6 Å². The highest BCUT2D eigenvalue weighted by atomic mass is 79.9. The summed E-state index contributed by atoms with van der Waals surface area (Å²) in [5, 5.41) is 2.82. The Morgan fingerprint density at radius 3 is 2.68 bits per heavy atom. The highest BCUT2D eigenvalue weighted by molar-refractivity contribution is 9.10. The van der Waals surface area contributed by atoms with Gasteiger partial charge in [0.15, 0.2) is 6.10 Å². The third-order valence-corrected chi connectivity index (χ3v) is 2.99. The van der Waals surface area contributed by atoms with Crippen molar-refractivity contribution in [2.24, 2.45) is 0 Å². The van der Waals surface area contributed by atoms with Crippen molar-refractivity contribution < 1.29 is 14.3 Å². The highest BCUT2D eigenvalue weighted by Gasteiger charge is 2.13. The average molecular weight is 330 g/mol. The van der Waals surface area contributed by atoms with Gasteiger partial charge in [0.1, 0.15) is 5.75 Å². The van der Waals surface area contributed by atoms with Crippen LogP contribution in [0.5, 0.6) is 5.75 Å². The van der Waals surface area contributed by atoms with Crippen LogP contribution < -0.4 is 10.1 Å². The summed E-state index contributed by atoms with van der Waals surface area (Å²) in [5.74, 6) is 0.569. The number of rotatable bonds is 8. The predicted molar refractivity (Wildman–Crippen MR) is 78.4 cm³/mol. The zero-order valence-corrected chi connectivity index (χ0v) is 12.9. The number of halogens is 1. The lowest BCUT2D eigenvalue weighted by atomic mass is 10.3. The molecule has 0 spiro atoms. The van der Waals surface area contributed by atoms with Gasteiger partial charge in [-0.3, -0.25) is 4.79 Å². The second-order valence-corrected chi connectivity index (χ2v) is 4.97. The molecular formula is C14H20BrNO3. The first-order valence-corrected chi connectivity index (χ1v) is 7.20. The number of carbonyl (C=O) groups excluding carboxylic acids is 1. The molecule has 0 fully saturated rings. The number of carbonyl (C=O) groups is 1. The molecule has 1 aromatic rings. The SMILES string of the molecule is CCOCCCNC(=O)C(C)Oc1ccc(Br)cc1. The van der Waals surface area contributed by atoms with Gasteiger partial charge in [-0.05, 0) is 44.5 Å². The Hall–Kier alpha value is -1.07. The molecule has 4 nitrogen and oxygen atoms in total. The summed E-state index contributed by atoms with van der Waals surface area (Å²) in [6.45, 7) is 5.66. The standard InChI is InChI=1S/C14H20BrNO3/c1-3-18-10-4-9-16-14(17)11(2)19-13-7-5-12(15)6-8-13/h5-8,11H,3-4,9-10H2,1-2H3,(H,16,17). The van der Waals surface area contributed by atoms with Gasteiger partial charge in [-0.15, -0.1) is 0 Å². The minimum absolute atomic E-state index is 0.112. The molecule has 0 saturated heterocycles. The third-order valence-electron chi connectivity index (χ3n) is 2.46. The molecule has 0 aliphatic rings. The summed E-state index contributed by atoms with van der Waals surface area (Å²) in [5.41, 5.74) is 0. The Balaban J connectivity index is 2.26. The Morgan fingerprint density at radius 2 is 2.05 bits per heavy atom. The largest absolute Gasteiger partial charge is 0.481 e. The van der Waals surface area contributed by atoms with Crippen molar-refractivity contribution in [3.63, 3.8) is 0 Å². The molecule has 0 radical (unpaired) electrons.